The summed E-state index contributed by atoms with van der Waals surface area (Å²) in [6.45, 7) is 0.363. The number of nitrogens with zero attached hydrogens (tertiary/aromatic N) is 2. The van der Waals surface area contributed by atoms with Crippen LogP contribution in [0.15, 0.2) is 42.6 Å². The largest absolute Gasteiger partial charge is 0.387 e. The molecule has 1 atom stereocenters. The van der Waals surface area contributed by atoms with E-state index in [1.807, 2.05) is 36.0 Å². The predicted octanol–water partition coefficient (Wildman–Crippen LogP) is 1.75. The highest BCUT2D eigenvalue weighted by Gasteiger charge is 2.11. The first-order valence-corrected chi connectivity index (χ1v) is 6.69. The van der Waals surface area contributed by atoms with E-state index in [-0.39, 0.29) is 5.91 Å². The number of aromatic nitrogens is 1. The highest BCUT2D eigenvalue weighted by Crippen LogP contribution is 2.15. The van der Waals surface area contributed by atoms with Gasteiger partial charge in [-0.05, 0) is 36.8 Å². The summed E-state index contributed by atoms with van der Waals surface area (Å²) < 4.78 is 1.85. The smallest absolute Gasteiger partial charge is 0.251 e. The number of hydrogen-bond donors (Lipinski definition) is 2. The summed E-state index contributed by atoms with van der Waals surface area (Å²) in [5.41, 5.74) is 1.71. The Morgan fingerprint density at radius 1 is 1.43 bits per heavy atom. The number of rotatable bonds is 5. The van der Waals surface area contributed by atoms with E-state index in [4.69, 9.17) is 5.26 Å². The van der Waals surface area contributed by atoms with Crippen molar-refractivity contribution in [2.75, 3.05) is 6.54 Å². The van der Waals surface area contributed by atoms with Gasteiger partial charge in [0.25, 0.3) is 5.91 Å². The van der Waals surface area contributed by atoms with Crippen LogP contribution >= 0.6 is 0 Å². The minimum Gasteiger partial charge on any atom is -0.387 e. The van der Waals surface area contributed by atoms with Crippen molar-refractivity contribution in [3.63, 3.8) is 0 Å². The number of carbonyl (C=O) groups is 1. The fourth-order valence-electron chi connectivity index (χ4n) is 2.12. The van der Waals surface area contributed by atoms with Crippen molar-refractivity contribution < 1.29 is 9.90 Å². The molecule has 1 aromatic heterocycles. The van der Waals surface area contributed by atoms with Gasteiger partial charge in [-0.3, -0.25) is 4.79 Å². The van der Waals surface area contributed by atoms with E-state index < -0.39 is 6.10 Å². The van der Waals surface area contributed by atoms with Crippen molar-refractivity contribution in [1.82, 2.24) is 9.88 Å². The zero-order valence-corrected chi connectivity index (χ0v) is 11.8. The van der Waals surface area contributed by atoms with E-state index in [9.17, 15) is 9.90 Å². The Morgan fingerprint density at radius 3 is 2.90 bits per heavy atom. The number of aliphatic hydroxyl groups excluding tert-OH is 1. The van der Waals surface area contributed by atoms with Crippen LogP contribution in [0.2, 0.25) is 0 Å². The fourth-order valence-corrected chi connectivity index (χ4v) is 2.12. The predicted molar refractivity (Wildman–Crippen MR) is 78.5 cm³/mol. The molecule has 21 heavy (non-hydrogen) atoms. The minimum atomic E-state index is -0.615. The number of aliphatic hydroxyl groups is 1. The van der Waals surface area contributed by atoms with Crippen LogP contribution in [0.25, 0.3) is 0 Å². The molecule has 0 spiro atoms. The molecule has 0 saturated heterocycles. The molecule has 0 aliphatic carbocycles. The van der Waals surface area contributed by atoms with E-state index in [0.717, 1.165) is 5.69 Å². The molecular formula is C16H17N3O2. The number of nitrogens with one attached hydrogen (secondary N) is 1. The molecule has 1 aromatic carbocycles. The summed E-state index contributed by atoms with van der Waals surface area (Å²) in [6.07, 6.45) is 1.68. The first-order valence-electron chi connectivity index (χ1n) is 6.69. The van der Waals surface area contributed by atoms with Crippen LogP contribution in [-0.4, -0.2) is 22.1 Å². The van der Waals surface area contributed by atoms with Crippen molar-refractivity contribution in [3.05, 3.63) is 59.4 Å². The molecule has 2 aromatic rings. The molecule has 108 valence electrons. The molecular weight excluding hydrogens is 266 g/mol. The first-order chi connectivity index (χ1) is 10.1. The minimum absolute atomic E-state index is 0.244. The summed E-state index contributed by atoms with van der Waals surface area (Å²) in [7, 11) is 1.87. The monoisotopic (exact) mass is 283 g/mol. The molecule has 2 rings (SSSR count). The Morgan fingerprint density at radius 2 is 2.24 bits per heavy atom. The Hall–Kier alpha value is -2.58. The summed E-state index contributed by atoms with van der Waals surface area (Å²) in [4.78, 5) is 11.9. The summed E-state index contributed by atoms with van der Waals surface area (Å²) in [5.74, 6) is -0.244. The number of benzene rings is 1. The lowest BCUT2D eigenvalue weighted by molar-refractivity contribution is 0.0941. The van der Waals surface area contributed by atoms with E-state index in [1.54, 1.807) is 24.3 Å². The van der Waals surface area contributed by atoms with Crippen molar-refractivity contribution in [2.45, 2.75) is 12.5 Å². The molecule has 0 saturated carbocycles. The fraction of sp³-hybridized carbons (Fsp3) is 0.250. The van der Waals surface area contributed by atoms with Gasteiger partial charge in [0.15, 0.2) is 0 Å². The molecule has 0 unspecified atom stereocenters. The molecule has 0 aliphatic rings. The van der Waals surface area contributed by atoms with Gasteiger partial charge in [-0.2, -0.15) is 5.26 Å². The third-order valence-corrected chi connectivity index (χ3v) is 3.28. The average Bonchev–Trinajstić information content (AvgIpc) is 2.93. The van der Waals surface area contributed by atoms with Gasteiger partial charge in [-0.15, -0.1) is 0 Å². The normalized spacial score (nSPS) is 11.7. The van der Waals surface area contributed by atoms with Crippen molar-refractivity contribution >= 4 is 5.91 Å². The Bertz CT molecular complexity index is 670. The van der Waals surface area contributed by atoms with Crippen LogP contribution in [-0.2, 0) is 7.05 Å². The van der Waals surface area contributed by atoms with E-state index in [1.165, 1.54) is 0 Å². The van der Waals surface area contributed by atoms with Gasteiger partial charge in [0.2, 0.25) is 0 Å². The molecule has 1 heterocycles. The zero-order chi connectivity index (χ0) is 15.2. The van der Waals surface area contributed by atoms with Gasteiger partial charge in [0.05, 0.1) is 17.7 Å². The molecule has 0 bridgehead atoms. The summed E-state index contributed by atoms with van der Waals surface area (Å²) in [5, 5.41) is 21.6. The number of amides is 1. The van der Waals surface area contributed by atoms with Crippen LogP contribution in [0, 0.1) is 11.3 Å². The number of aryl methyl sites for hydroxylation is 1. The molecule has 0 fully saturated rings. The lowest BCUT2D eigenvalue weighted by Gasteiger charge is -2.12. The maximum atomic E-state index is 11.9. The Labute approximate surface area is 123 Å². The SMILES string of the molecule is Cn1cccc1[C@H](O)CCNC(=O)c1cccc(C#N)c1. The van der Waals surface area contributed by atoms with Crippen LogP contribution < -0.4 is 5.32 Å². The Kier molecular flexibility index (Phi) is 4.75. The van der Waals surface area contributed by atoms with Crippen molar-refractivity contribution in [2.24, 2.45) is 7.05 Å². The van der Waals surface area contributed by atoms with Crippen LogP contribution in [0.5, 0.6) is 0 Å². The van der Waals surface area contributed by atoms with E-state index >= 15 is 0 Å². The second-order valence-corrected chi connectivity index (χ2v) is 4.80. The standard InChI is InChI=1S/C16H17N3O2/c1-19-9-3-6-14(19)15(20)7-8-18-16(21)13-5-2-4-12(10-13)11-17/h2-6,9-10,15,20H,7-8H2,1H3,(H,18,21)/t15-/m1/s1. The maximum absolute atomic E-state index is 11.9. The van der Waals surface area contributed by atoms with Crippen LogP contribution in [0.4, 0.5) is 0 Å². The molecule has 1 amide bonds. The van der Waals surface area contributed by atoms with Crippen molar-refractivity contribution in [1.29, 1.82) is 5.26 Å². The molecule has 0 aliphatic heterocycles. The zero-order valence-electron chi connectivity index (χ0n) is 11.8. The van der Waals surface area contributed by atoms with Gasteiger partial charge in [0.1, 0.15) is 0 Å². The highest BCUT2D eigenvalue weighted by atomic mass is 16.3. The molecule has 5 heteroatoms. The van der Waals surface area contributed by atoms with Gasteiger partial charge in [-0.25, -0.2) is 0 Å². The topological polar surface area (TPSA) is 78.0 Å². The quantitative estimate of drug-likeness (QED) is 0.877. The summed E-state index contributed by atoms with van der Waals surface area (Å²) in [6, 6.07) is 12.2. The van der Waals surface area contributed by atoms with Gasteiger partial charge < -0.3 is 15.0 Å². The maximum Gasteiger partial charge on any atom is 0.251 e. The number of carbonyl (C=O) groups excluding carboxylic acids is 1. The second kappa shape index (κ2) is 6.73. The van der Waals surface area contributed by atoms with Gasteiger partial charge >= 0.3 is 0 Å². The van der Waals surface area contributed by atoms with Crippen molar-refractivity contribution in [3.8, 4) is 6.07 Å². The average molecular weight is 283 g/mol. The molecule has 2 N–H and O–H groups in total. The lowest BCUT2D eigenvalue weighted by Crippen LogP contribution is -2.26. The molecule has 0 radical (unpaired) electrons. The second-order valence-electron chi connectivity index (χ2n) is 4.80. The van der Waals surface area contributed by atoms with Gasteiger partial charge in [-0.1, -0.05) is 6.07 Å². The third-order valence-electron chi connectivity index (χ3n) is 3.28. The summed E-state index contributed by atoms with van der Waals surface area (Å²) >= 11 is 0. The third kappa shape index (κ3) is 3.71. The van der Waals surface area contributed by atoms with Crippen LogP contribution in [0.3, 0.4) is 0 Å². The Balaban J connectivity index is 1.87. The van der Waals surface area contributed by atoms with Crippen LogP contribution in [0.1, 0.15) is 34.1 Å². The number of hydrogen-bond acceptors (Lipinski definition) is 3. The van der Waals surface area contributed by atoms with Gasteiger partial charge in [0, 0.05) is 31.0 Å². The van der Waals surface area contributed by atoms with E-state index in [0.29, 0.717) is 24.1 Å². The van der Waals surface area contributed by atoms with E-state index in [2.05, 4.69) is 5.32 Å². The number of nitriles is 1. The molecule has 5 nitrogen and oxygen atoms in total. The highest BCUT2D eigenvalue weighted by molar-refractivity contribution is 5.94. The lowest BCUT2D eigenvalue weighted by atomic mass is 10.1. The first kappa shape index (κ1) is 14.8.